The summed E-state index contributed by atoms with van der Waals surface area (Å²) in [6, 6.07) is 12.8. The Morgan fingerprint density at radius 2 is 1.81 bits per heavy atom. The summed E-state index contributed by atoms with van der Waals surface area (Å²) in [5, 5.41) is 21.8. The molecule has 2 aromatic carbocycles. The van der Waals surface area contributed by atoms with Crippen molar-refractivity contribution in [1.82, 2.24) is 0 Å². The lowest BCUT2D eigenvalue weighted by atomic mass is 9.72. The van der Waals surface area contributed by atoms with Gasteiger partial charge in [0.25, 0.3) is 0 Å². The summed E-state index contributed by atoms with van der Waals surface area (Å²) < 4.78 is 0. The second kappa shape index (κ2) is 7.16. The number of carboxylic acids is 1. The van der Waals surface area contributed by atoms with Gasteiger partial charge in [0, 0.05) is 5.56 Å². The van der Waals surface area contributed by atoms with Crippen LogP contribution in [-0.4, -0.2) is 22.0 Å². The number of hydrogen-bond acceptors (Lipinski definition) is 3. The van der Waals surface area contributed by atoms with Crippen LogP contribution in [0.25, 0.3) is 6.08 Å². The van der Waals surface area contributed by atoms with Gasteiger partial charge in [-0.05, 0) is 65.6 Å². The zero-order valence-corrected chi connectivity index (χ0v) is 15.1. The molecule has 1 aliphatic carbocycles. The summed E-state index contributed by atoms with van der Waals surface area (Å²) in [5.74, 6) is -0.949. The van der Waals surface area contributed by atoms with Crippen LogP contribution in [0.4, 0.5) is 0 Å². The molecule has 0 saturated carbocycles. The molecule has 0 saturated heterocycles. The smallest absolute Gasteiger partial charge is 0.335 e. The first kappa shape index (κ1) is 17.9. The lowest BCUT2D eigenvalue weighted by Crippen LogP contribution is -2.24. The lowest BCUT2D eigenvalue weighted by Gasteiger charge is -2.32. The summed E-state index contributed by atoms with van der Waals surface area (Å²) >= 11 is 0. The first-order valence-electron chi connectivity index (χ1n) is 8.78. The highest BCUT2D eigenvalue weighted by atomic mass is 16.4. The third kappa shape index (κ3) is 3.69. The zero-order valence-electron chi connectivity index (χ0n) is 15.1. The number of fused-ring (bicyclic) bond motifs is 1. The molecule has 26 heavy (non-hydrogen) atoms. The van der Waals surface area contributed by atoms with E-state index in [1.807, 2.05) is 12.1 Å². The maximum absolute atomic E-state index is 10.9. The first-order valence-corrected chi connectivity index (χ1v) is 8.78. The van der Waals surface area contributed by atoms with Gasteiger partial charge in [-0.1, -0.05) is 49.3 Å². The minimum Gasteiger partial charge on any atom is -0.478 e. The Hall–Kier alpha value is -2.88. The van der Waals surface area contributed by atoms with Gasteiger partial charge in [0.1, 0.15) is 5.71 Å². The Bertz CT molecular complexity index is 877. The Balaban J connectivity index is 1.84. The number of aryl methyl sites for hydroxylation is 1. The fourth-order valence-corrected chi connectivity index (χ4v) is 3.57. The van der Waals surface area contributed by atoms with Crippen LogP contribution in [0.2, 0.25) is 0 Å². The van der Waals surface area contributed by atoms with E-state index < -0.39 is 5.97 Å². The van der Waals surface area contributed by atoms with Crippen molar-refractivity contribution in [3.8, 4) is 0 Å². The maximum atomic E-state index is 10.9. The first-order chi connectivity index (χ1) is 12.4. The van der Waals surface area contributed by atoms with Crippen molar-refractivity contribution >= 4 is 17.8 Å². The molecule has 0 atom stereocenters. The van der Waals surface area contributed by atoms with Gasteiger partial charge in [0.05, 0.1) is 5.56 Å². The van der Waals surface area contributed by atoms with Gasteiger partial charge >= 0.3 is 5.97 Å². The van der Waals surface area contributed by atoms with Crippen LogP contribution in [0.1, 0.15) is 59.3 Å². The van der Waals surface area contributed by atoms with Gasteiger partial charge in [0.2, 0.25) is 0 Å². The van der Waals surface area contributed by atoms with Crippen LogP contribution in [-0.2, 0) is 11.8 Å². The van der Waals surface area contributed by atoms with Crippen molar-refractivity contribution in [3.05, 3.63) is 76.4 Å². The minimum absolute atomic E-state index is 0.185. The average Bonchev–Trinajstić information content (AvgIpc) is 2.62. The average molecular weight is 349 g/mol. The second-order valence-electron chi connectivity index (χ2n) is 7.36. The molecular formula is C22H23NO3. The maximum Gasteiger partial charge on any atom is 0.335 e. The molecular weight excluding hydrogens is 326 g/mol. The lowest BCUT2D eigenvalue weighted by molar-refractivity contribution is 0.0697. The van der Waals surface area contributed by atoms with Gasteiger partial charge < -0.3 is 10.3 Å². The van der Waals surface area contributed by atoms with Crippen LogP contribution in [0.3, 0.4) is 0 Å². The summed E-state index contributed by atoms with van der Waals surface area (Å²) in [4.78, 5) is 10.9. The van der Waals surface area contributed by atoms with E-state index in [0.29, 0.717) is 5.71 Å². The van der Waals surface area contributed by atoms with Crippen molar-refractivity contribution in [2.24, 2.45) is 5.16 Å². The van der Waals surface area contributed by atoms with Gasteiger partial charge in [-0.25, -0.2) is 4.79 Å². The Kier molecular flexibility index (Phi) is 4.94. The zero-order chi connectivity index (χ0) is 18.7. The quantitative estimate of drug-likeness (QED) is 0.469. The molecule has 0 aliphatic heterocycles. The third-order valence-corrected chi connectivity index (χ3v) is 5.08. The normalized spacial score (nSPS) is 16.5. The van der Waals surface area contributed by atoms with Crippen LogP contribution >= 0.6 is 0 Å². The Morgan fingerprint density at radius 3 is 2.46 bits per heavy atom. The second-order valence-corrected chi connectivity index (χ2v) is 7.36. The molecule has 2 N–H and O–H groups in total. The van der Waals surface area contributed by atoms with Gasteiger partial charge in [0.15, 0.2) is 0 Å². The molecule has 134 valence electrons. The molecule has 0 amide bonds. The molecule has 0 aromatic heterocycles. The van der Waals surface area contributed by atoms with E-state index in [-0.39, 0.29) is 11.0 Å². The Labute approximate surface area is 153 Å². The standard InChI is InChI=1S/C22H23NO3/c1-22(2)13-3-4-17-14-18(10-11-19(17)22)20(23-26)12-7-15-5-8-16(9-6-15)21(24)25/h5-12,14,26H,3-4,13H2,1-2H3,(H,24,25)/b12-7+,23-20?. The Morgan fingerprint density at radius 1 is 1.12 bits per heavy atom. The number of hydrogen-bond donors (Lipinski definition) is 2. The van der Waals surface area contributed by atoms with Gasteiger partial charge in [-0.15, -0.1) is 0 Å². The summed E-state index contributed by atoms with van der Waals surface area (Å²) in [5.41, 5.74) is 5.33. The van der Waals surface area contributed by atoms with Gasteiger partial charge in [-0.2, -0.15) is 0 Å². The van der Waals surface area contributed by atoms with E-state index in [1.165, 1.54) is 24.0 Å². The van der Waals surface area contributed by atoms with Crippen molar-refractivity contribution < 1.29 is 15.1 Å². The molecule has 0 heterocycles. The van der Waals surface area contributed by atoms with E-state index in [0.717, 1.165) is 17.5 Å². The fourth-order valence-electron chi connectivity index (χ4n) is 3.57. The summed E-state index contributed by atoms with van der Waals surface area (Å²) in [6.45, 7) is 4.54. The highest BCUT2D eigenvalue weighted by Crippen LogP contribution is 2.37. The van der Waals surface area contributed by atoms with Crippen LogP contribution < -0.4 is 0 Å². The number of benzene rings is 2. The number of carboxylic acid groups (broad SMARTS) is 1. The molecule has 4 heteroatoms. The largest absolute Gasteiger partial charge is 0.478 e. The van der Waals surface area contributed by atoms with Crippen LogP contribution in [0, 0.1) is 0 Å². The number of allylic oxidation sites excluding steroid dienone is 1. The van der Waals surface area contributed by atoms with E-state index in [4.69, 9.17) is 5.11 Å². The molecule has 0 unspecified atom stereocenters. The molecule has 0 fully saturated rings. The molecule has 0 spiro atoms. The van der Waals surface area contributed by atoms with Crippen molar-refractivity contribution in [2.45, 2.75) is 38.5 Å². The summed E-state index contributed by atoms with van der Waals surface area (Å²) in [6.07, 6.45) is 6.95. The van der Waals surface area contributed by atoms with E-state index in [2.05, 4.69) is 31.1 Å². The predicted molar refractivity (Wildman–Crippen MR) is 103 cm³/mol. The van der Waals surface area contributed by atoms with Crippen LogP contribution in [0.5, 0.6) is 0 Å². The highest BCUT2D eigenvalue weighted by molar-refractivity contribution is 6.10. The number of rotatable bonds is 4. The van der Waals surface area contributed by atoms with Gasteiger partial charge in [-0.3, -0.25) is 0 Å². The van der Waals surface area contributed by atoms with Crippen molar-refractivity contribution in [1.29, 1.82) is 0 Å². The number of oxime groups is 1. The third-order valence-electron chi connectivity index (χ3n) is 5.08. The SMILES string of the molecule is CC1(C)CCCc2cc(C(/C=C/c3ccc(C(=O)O)cc3)=NO)ccc21. The molecule has 0 bridgehead atoms. The van der Waals surface area contributed by atoms with E-state index >= 15 is 0 Å². The predicted octanol–water partition coefficient (Wildman–Crippen LogP) is 4.89. The van der Waals surface area contributed by atoms with Crippen molar-refractivity contribution in [2.75, 3.05) is 0 Å². The molecule has 1 aliphatic rings. The molecule has 3 rings (SSSR count). The van der Waals surface area contributed by atoms with Crippen LogP contribution in [0.15, 0.2) is 53.7 Å². The fraction of sp³-hybridized carbons (Fsp3) is 0.273. The monoisotopic (exact) mass is 349 g/mol. The summed E-state index contributed by atoms with van der Waals surface area (Å²) in [7, 11) is 0. The number of aromatic carboxylic acids is 1. The van der Waals surface area contributed by atoms with E-state index in [1.54, 1.807) is 30.3 Å². The topological polar surface area (TPSA) is 69.9 Å². The molecule has 2 aromatic rings. The number of nitrogens with zero attached hydrogens (tertiary/aromatic N) is 1. The highest BCUT2D eigenvalue weighted by Gasteiger charge is 2.27. The molecule has 4 nitrogen and oxygen atoms in total. The van der Waals surface area contributed by atoms with Crippen molar-refractivity contribution in [3.63, 3.8) is 0 Å². The number of carbonyl (C=O) groups is 1. The molecule has 0 radical (unpaired) electrons. The van der Waals surface area contributed by atoms with E-state index in [9.17, 15) is 10.0 Å². The minimum atomic E-state index is -0.949.